The summed E-state index contributed by atoms with van der Waals surface area (Å²) in [6.07, 6.45) is -7.84. The van der Waals surface area contributed by atoms with Crippen LogP contribution in [0.5, 0.6) is 0 Å². The van der Waals surface area contributed by atoms with Crippen LogP contribution in [0.2, 0.25) is 0 Å². The van der Waals surface area contributed by atoms with Crippen LogP contribution in [-0.2, 0) is 7.81 Å². The molecular formula is C13H17O10Sb. The quantitative estimate of drug-likeness (QED) is 0.204. The van der Waals surface area contributed by atoms with E-state index in [9.17, 15) is 12.6 Å². The van der Waals surface area contributed by atoms with E-state index in [0.717, 1.165) is 0 Å². The van der Waals surface area contributed by atoms with Crippen molar-refractivity contribution in [3.63, 3.8) is 0 Å². The maximum atomic E-state index is 10.5. The summed E-state index contributed by atoms with van der Waals surface area (Å²) >= 11 is -1.56. The molecule has 0 aromatic heterocycles. The van der Waals surface area contributed by atoms with E-state index in [4.69, 9.17) is 35.7 Å². The summed E-state index contributed by atoms with van der Waals surface area (Å²) in [5.74, 6) is -2.70. The van der Waals surface area contributed by atoms with Crippen LogP contribution < -0.4 is 3.51 Å². The number of aliphatic carboxylic acids is 1. The van der Waals surface area contributed by atoms with Gasteiger partial charge in [0.1, 0.15) is 18.3 Å². The zero-order valence-corrected chi connectivity index (χ0v) is 14.7. The zero-order valence-electron chi connectivity index (χ0n) is 12.1. The molecule has 0 saturated heterocycles. The number of carboxylic acids is 2. The van der Waals surface area contributed by atoms with Gasteiger partial charge in [-0.15, -0.1) is 0 Å². The topological polar surface area (TPSA) is 193 Å². The summed E-state index contributed by atoms with van der Waals surface area (Å²) in [6.45, 7) is -0.843. The van der Waals surface area contributed by atoms with Gasteiger partial charge in [0, 0.05) is 0 Å². The van der Waals surface area contributed by atoms with Crippen LogP contribution in [0.1, 0.15) is 10.4 Å². The molecule has 0 aliphatic heterocycles. The first-order valence-corrected chi connectivity index (χ1v) is 8.70. The Labute approximate surface area is 146 Å². The number of hydrogen-bond acceptors (Lipinski definition) is 8. The van der Waals surface area contributed by atoms with Crippen molar-refractivity contribution in [2.24, 2.45) is 0 Å². The second kappa shape index (κ2) is 11.2. The molecule has 1 aromatic rings. The van der Waals surface area contributed by atoms with Crippen molar-refractivity contribution in [1.29, 1.82) is 0 Å². The van der Waals surface area contributed by atoms with Crippen molar-refractivity contribution in [2.45, 2.75) is 24.4 Å². The Morgan fingerprint density at radius 2 is 1.62 bits per heavy atom. The number of aliphatic hydroxyl groups excluding tert-OH is 5. The molecular weight excluding hydrogens is 438 g/mol. The SMILES string of the molecule is O=C(O)C(O)C(O)C(O)C(O)CO.[O]=[Sb][c]1cccc(C(=O)O)c1. The minimum atomic E-state index is -2.20. The predicted molar refractivity (Wildman–Crippen MR) is 78.2 cm³/mol. The molecule has 10 nitrogen and oxygen atoms in total. The standard InChI is InChI=1S/C7H5O2.C6H12O7.O.Sb/c8-7(9)6-4-2-1-3-5-6;7-1-2(8)3(9)4(10)5(11)6(12)13;;/h1-2,4-5H,(H,8,9);2-5,7-11H,1H2,(H,12,13);;. The molecule has 1 aromatic carbocycles. The van der Waals surface area contributed by atoms with Crippen LogP contribution in [0.15, 0.2) is 24.3 Å². The first-order chi connectivity index (χ1) is 11.1. The zero-order chi connectivity index (χ0) is 18.9. The number of aliphatic hydroxyl groups is 5. The van der Waals surface area contributed by atoms with Crippen LogP contribution in [0.4, 0.5) is 0 Å². The Balaban J connectivity index is 0.000000446. The number of carbonyl (C=O) groups is 2. The Hall–Kier alpha value is -1.42. The third-order valence-electron chi connectivity index (χ3n) is 2.71. The molecule has 0 aliphatic carbocycles. The molecule has 0 radical (unpaired) electrons. The fraction of sp³-hybridized carbons (Fsp3) is 0.385. The molecule has 1 rings (SSSR count). The fourth-order valence-electron chi connectivity index (χ4n) is 1.36. The van der Waals surface area contributed by atoms with Gasteiger partial charge in [-0.25, -0.2) is 4.79 Å². The Morgan fingerprint density at radius 3 is 2.04 bits per heavy atom. The van der Waals surface area contributed by atoms with Gasteiger partial charge >= 0.3 is 79.8 Å². The normalized spacial score (nSPS) is 15.2. The van der Waals surface area contributed by atoms with Gasteiger partial charge in [-0.3, -0.25) is 0 Å². The van der Waals surface area contributed by atoms with E-state index in [-0.39, 0.29) is 5.56 Å². The number of rotatable bonds is 7. The molecule has 0 saturated carbocycles. The Morgan fingerprint density at radius 1 is 1.04 bits per heavy atom. The molecule has 0 fully saturated rings. The summed E-state index contributed by atoms with van der Waals surface area (Å²) in [5.41, 5.74) is 0.203. The molecule has 134 valence electrons. The Bertz CT molecular complexity index is 563. The van der Waals surface area contributed by atoms with Gasteiger partial charge in [-0.1, -0.05) is 0 Å². The molecule has 0 amide bonds. The van der Waals surface area contributed by atoms with Gasteiger partial charge in [0.25, 0.3) is 0 Å². The van der Waals surface area contributed by atoms with Crippen LogP contribution in [0.25, 0.3) is 0 Å². The van der Waals surface area contributed by atoms with E-state index in [0.29, 0.717) is 3.51 Å². The Kier molecular flexibility index (Phi) is 10.5. The first-order valence-electron chi connectivity index (χ1n) is 6.38. The van der Waals surface area contributed by atoms with E-state index in [2.05, 4.69) is 0 Å². The van der Waals surface area contributed by atoms with Gasteiger partial charge < -0.3 is 30.6 Å². The first kappa shape index (κ1) is 22.6. The van der Waals surface area contributed by atoms with Crippen molar-refractivity contribution < 1.29 is 48.4 Å². The minimum absolute atomic E-state index is 0.203. The van der Waals surface area contributed by atoms with E-state index in [1.165, 1.54) is 12.1 Å². The van der Waals surface area contributed by atoms with Crippen molar-refractivity contribution in [1.82, 2.24) is 0 Å². The van der Waals surface area contributed by atoms with Gasteiger partial charge in [0.15, 0.2) is 6.10 Å². The molecule has 11 heteroatoms. The molecule has 24 heavy (non-hydrogen) atoms. The van der Waals surface area contributed by atoms with Crippen LogP contribution in [0, 0.1) is 0 Å². The molecule has 4 atom stereocenters. The molecule has 7 N–H and O–H groups in total. The number of carboxylic acid groups (broad SMARTS) is 2. The number of benzene rings is 1. The second-order valence-corrected chi connectivity index (χ2v) is 6.46. The summed E-state index contributed by atoms with van der Waals surface area (Å²) in [6, 6.07) is 6.22. The van der Waals surface area contributed by atoms with Gasteiger partial charge in [-0.05, 0) is 0 Å². The van der Waals surface area contributed by atoms with Crippen LogP contribution in [-0.4, -0.2) is 100 Å². The van der Waals surface area contributed by atoms with E-state index < -0.39 is 64.6 Å². The number of aromatic carboxylic acids is 1. The summed E-state index contributed by atoms with van der Waals surface area (Å²) < 4.78 is 11.1. The number of hydrogen-bond donors (Lipinski definition) is 7. The molecule has 4 unspecified atom stereocenters. The van der Waals surface area contributed by atoms with Gasteiger partial charge in [0.05, 0.1) is 6.61 Å². The van der Waals surface area contributed by atoms with E-state index >= 15 is 0 Å². The molecule has 0 heterocycles. The van der Waals surface area contributed by atoms with Crippen LogP contribution in [0.3, 0.4) is 0 Å². The fourth-order valence-corrected chi connectivity index (χ4v) is 2.33. The third kappa shape index (κ3) is 7.43. The maximum absolute atomic E-state index is 10.5. The van der Waals surface area contributed by atoms with Crippen molar-refractivity contribution in [3.05, 3.63) is 29.8 Å². The molecule has 0 aliphatic rings. The van der Waals surface area contributed by atoms with Crippen molar-refractivity contribution >= 4 is 37.1 Å². The van der Waals surface area contributed by atoms with Crippen LogP contribution >= 0.6 is 0 Å². The van der Waals surface area contributed by atoms with E-state index in [1.54, 1.807) is 12.1 Å². The van der Waals surface area contributed by atoms with Crippen molar-refractivity contribution in [3.8, 4) is 0 Å². The van der Waals surface area contributed by atoms with Gasteiger partial charge in [0.2, 0.25) is 0 Å². The second-order valence-electron chi connectivity index (χ2n) is 4.46. The van der Waals surface area contributed by atoms with Gasteiger partial charge in [-0.2, -0.15) is 0 Å². The average molecular weight is 455 g/mol. The molecule has 0 bridgehead atoms. The monoisotopic (exact) mass is 454 g/mol. The summed E-state index contributed by atoms with van der Waals surface area (Å²) in [4.78, 5) is 20.5. The third-order valence-corrected chi connectivity index (χ3v) is 4.10. The average Bonchev–Trinajstić information content (AvgIpc) is 2.59. The summed E-state index contributed by atoms with van der Waals surface area (Å²) in [5, 5.41) is 60.3. The van der Waals surface area contributed by atoms with Crippen molar-refractivity contribution in [2.75, 3.05) is 6.61 Å². The summed E-state index contributed by atoms with van der Waals surface area (Å²) in [7, 11) is 0. The predicted octanol–water partition coefficient (Wildman–Crippen LogP) is -3.43. The van der Waals surface area contributed by atoms with E-state index in [1.807, 2.05) is 0 Å². The molecule has 0 spiro atoms.